The van der Waals surface area contributed by atoms with E-state index in [0.29, 0.717) is 49.2 Å². The number of fused-ring (bicyclic) bond motifs is 1. The van der Waals surface area contributed by atoms with Crippen molar-refractivity contribution in [3.05, 3.63) is 59.4 Å². The summed E-state index contributed by atoms with van der Waals surface area (Å²) in [6.07, 6.45) is 3.71. The van der Waals surface area contributed by atoms with Gasteiger partial charge in [0.2, 0.25) is 0 Å². The molecule has 1 saturated heterocycles. The van der Waals surface area contributed by atoms with E-state index in [-0.39, 0.29) is 17.4 Å². The van der Waals surface area contributed by atoms with E-state index in [1.165, 1.54) is 25.4 Å². The first-order valence-electron chi connectivity index (χ1n) is 9.66. The highest BCUT2D eigenvalue weighted by Crippen LogP contribution is 2.39. The number of carbonyl (C=O) groups is 3. The Morgan fingerprint density at radius 2 is 1.97 bits per heavy atom. The van der Waals surface area contributed by atoms with Crippen LogP contribution in [0.15, 0.2) is 42.6 Å². The summed E-state index contributed by atoms with van der Waals surface area (Å²) < 4.78 is 10.9. The number of methoxy groups -OCH3 is 1. The molecule has 1 aromatic heterocycles. The van der Waals surface area contributed by atoms with Crippen LogP contribution in [0.1, 0.15) is 56.9 Å². The average Bonchev–Trinajstić information content (AvgIpc) is 2.95. The first-order chi connectivity index (χ1) is 14.0. The second-order valence-electron chi connectivity index (χ2n) is 7.45. The minimum atomic E-state index is -0.567. The number of esters is 1. The Labute approximate surface area is 168 Å². The van der Waals surface area contributed by atoms with Gasteiger partial charge in [0, 0.05) is 25.7 Å². The van der Waals surface area contributed by atoms with Gasteiger partial charge in [-0.15, -0.1) is 0 Å². The van der Waals surface area contributed by atoms with E-state index >= 15 is 0 Å². The van der Waals surface area contributed by atoms with Crippen LogP contribution in [0.2, 0.25) is 0 Å². The number of Topliss-reactive ketones (excluding diaryl/α,β-unsaturated/α-hetero) is 1. The molecule has 4 rings (SSSR count). The van der Waals surface area contributed by atoms with Crippen LogP contribution in [0, 0.1) is 0 Å². The molecule has 150 valence electrons. The summed E-state index contributed by atoms with van der Waals surface area (Å²) in [5.74, 6) is 0.0314. The first-order valence-corrected chi connectivity index (χ1v) is 9.66. The summed E-state index contributed by atoms with van der Waals surface area (Å²) >= 11 is 0. The Morgan fingerprint density at radius 1 is 1.14 bits per heavy atom. The molecular weight excluding hydrogens is 372 g/mol. The van der Waals surface area contributed by atoms with Crippen molar-refractivity contribution in [3.63, 3.8) is 0 Å². The molecule has 1 fully saturated rings. The number of aromatic nitrogens is 1. The van der Waals surface area contributed by atoms with Crippen molar-refractivity contribution in [2.45, 2.75) is 31.3 Å². The molecule has 1 spiro atoms. The summed E-state index contributed by atoms with van der Waals surface area (Å²) in [6, 6.07) is 10.4. The minimum absolute atomic E-state index is 0.0895. The predicted octanol–water partition coefficient (Wildman–Crippen LogP) is 2.90. The second-order valence-corrected chi connectivity index (χ2v) is 7.45. The van der Waals surface area contributed by atoms with Crippen molar-refractivity contribution in [1.29, 1.82) is 0 Å². The number of ether oxygens (including phenoxy) is 2. The lowest BCUT2D eigenvalue weighted by Gasteiger charge is -2.37. The SMILES string of the molecule is COC(=O)c1ccc(C(=O)N2CCCC3(CC2)CC(=O)c2ccccc2O3)nc1. The van der Waals surface area contributed by atoms with Crippen molar-refractivity contribution >= 4 is 17.7 Å². The summed E-state index contributed by atoms with van der Waals surface area (Å²) in [4.78, 5) is 42.9. The van der Waals surface area contributed by atoms with Gasteiger partial charge in [0.1, 0.15) is 17.0 Å². The maximum absolute atomic E-state index is 12.9. The van der Waals surface area contributed by atoms with Gasteiger partial charge >= 0.3 is 5.97 Å². The van der Waals surface area contributed by atoms with Crippen LogP contribution in [0.3, 0.4) is 0 Å². The monoisotopic (exact) mass is 394 g/mol. The van der Waals surface area contributed by atoms with Gasteiger partial charge < -0.3 is 14.4 Å². The molecule has 2 aliphatic rings. The molecule has 3 heterocycles. The standard InChI is InChI=1S/C22H22N2O5/c1-28-21(27)15-7-8-17(23-14-15)20(26)24-11-4-9-22(10-12-24)13-18(25)16-5-2-3-6-19(16)29-22/h2-3,5-8,14H,4,9-13H2,1H3. The fraction of sp³-hybridized carbons (Fsp3) is 0.364. The van der Waals surface area contributed by atoms with E-state index in [2.05, 4.69) is 9.72 Å². The van der Waals surface area contributed by atoms with Gasteiger partial charge in [-0.25, -0.2) is 4.79 Å². The fourth-order valence-corrected chi connectivity index (χ4v) is 4.01. The third-order valence-electron chi connectivity index (χ3n) is 5.59. The molecule has 1 atom stereocenters. The molecule has 0 aliphatic carbocycles. The van der Waals surface area contributed by atoms with E-state index < -0.39 is 11.6 Å². The molecule has 2 aliphatic heterocycles. The molecule has 29 heavy (non-hydrogen) atoms. The summed E-state index contributed by atoms with van der Waals surface area (Å²) in [5, 5.41) is 0. The normalized spacial score (nSPS) is 21.1. The Bertz CT molecular complexity index is 956. The number of ketones is 1. The second kappa shape index (κ2) is 7.66. The average molecular weight is 394 g/mol. The van der Waals surface area contributed by atoms with E-state index in [1.54, 1.807) is 11.0 Å². The van der Waals surface area contributed by atoms with Crippen LogP contribution in [0.4, 0.5) is 0 Å². The maximum Gasteiger partial charge on any atom is 0.339 e. The number of pyridine rings is 1. The molecule has 0 saturated carbocycles. The van der Waals surface area contributed by atoms with E-state index in [0.717, 1.165) is 6.42 Å². The molecule has 0 radical (unpaired) electrons. The third-order valence-corrected chi connectivity index (χ3v) is 5.59. The third kappa shape index (κ3) is 3.72. The van der Waals surface area contributed by atoms with Crippen molar-refractivity contribution in [2.75, 3.05) is 20.2 Å². The highest BCUT2D eigenvalue weighted by molar-refractivity contribution is 6.00. The number of likely N-dealkylation sites (tertiary alicyclic amines) is 1. The summed E-state index contributed by atoms with van der Waals surface area (Å²) in [7, 11) is 1.30. The number of carbonyl (C=O) groups excluding carboxylic acids is 3. The van der Waals surface area contributed by atoms with Gasteiger partial charge in [0.25, 0.3) is 5.91 Å². The number of benzene rings is 1. The zero-order valence-corrected chi connectivity index (χ0v) is 16.2. The van der Waals surface area contributed by atoms with E-state index in [1.807, 2.05) is 18.2 Å². The summed E-state index contributed by atoms with van der Waals surface area (Å²) in [6.45, 7) is 1.05. The van der Waals surface area contributed by atoms with E-state index in [9.17, 15) is 14.4 Å². The fourth-order valence-electron chi connectivity index (χ4n) is 4.01. The molecule has 0 N–H and O–H groups in total. The lowest BCUT2D eigenvalue weighted by molar-refractivity contribution is 0.0299. The molecule has 2 aromatic rings. The van der Waals surface area contributed by atoms with Crippen molar-refractivity contribution in [2.24, 2.45) is 0 Å². The molecule has 7 nitrogen and oxygen atoms in total. The van der Waals surface area contributed by atoms with Crippen LogP contribution in [-0.2, 0) is 4.74 Å². The number of hydrogen-bond acceptors (Lipinski definition) is 6. The minimum Gasteiger partial charge on any atom is -0.486 e. The molecule has 7 heteroatoms. The van der Waals surface area contributed by atoms with Gasteiger partial charge in [-0.3, -0.25) is 14.6 Å². The van der Waals surface area contributed by atoms with Crippen molar-refractivity contribution in [3.8, 4) is 5.75 Å². The number of rotatable bonds is 2. The molecule has 1 amide bonds. The Balaban J connectivity index is 1.47. The van der Waals surface area contributed by atoms with Crippen LogP contribution in [-0.4, -0.2) is 53.3 Å². The van der Waals surface area contributed by atoms with Gasteiger partial charge in [-0.1, -0.05) is 12.1 Å². The number of nitrogens with zero attached hydrogens (tertiary/aromatic N) is 2. The largest absolute Gasteiger partial charge is 0.486 e. The zero-order chi connectivity index (χ0) is 20.4. The highest BCUT2D eigenvalue weighted by Gasteiger charge is 2.42. The lowest BCUT2D eigenvalue weighted by Crippen LogP contribution is -2.43. The van der Waals surface area contributed by atoms with Gasteiger partial charge in [0.15, 0.2) is 5.78 Å². The molecular formula is C22H22N2O5. The van der Waals surface area contributed by atoms with Crippen molar-refractivity contribution in [1.82, 2.24) is 9.88 Å². The topological polar surface area (TPSA) is 85.8 Å². The quantitative estimate of drug-likeness (QED) is 0.728. The van der Waals surface area contributed by atoms with Gasteiger partial charge in [-0.05, 0) is 37.1 Å². The zero-order valence-electron chi connectivity index (χ0n) is 16.2. The van der Waals surface area contributed by atoms with Crippen LogP contribution in [0.25, 0.3) is 0 Å². The molecule has 0 bridgehead atoms. The highest BCUT2D eigenvalue weighted by atomic mass is 16.5. The lowest BCUT2D eigenvalue weighted by atomic mass is 9.84. The Hall–Kier alpha value is -3.22. The van der Waals surface area contributed by atoms with Gasteiger partial charge in [0.05, 0.1) is 24.7 Å². The van der Waals surface area contributed by atoms with Gasteiger partial charge in [-0.2, -0.15) is 0 Å². The maximum atomic E-state index is 12.9. The van der Waals surface area contributed by atoms with Crippen molar-refractivity contribution < 1.29 is 23.9 Å². The Kier molecular flexibility index (Phi) is 5.05. The molecule has 1 unspecified atom stereocenters. The number of para-hydroxylation sites is 1. The number of hydrogen-bond donors (Lipinski definition) is 0. The summed E-state index contributed by atoms with van der Waals surface area (Å²) in [5.41, 5.74) is 0.638. The number of amides is 1. The smallest absolute Gasteiger partial charge is 0.339 e. The Morgan fingerprint density at radius 3 is 2.72 bits per heavy atom. The van der Waals surface area contributed by atoms with E-state index in [4.69, 9.17) is 4.74 Å². The first kappa shape index (κ1) is 19.1. The predicted molar refractivity (Wildman–Crippen MR) is 104 cm³/mol. The molecule has 1 aromatic carbocycles. The van der Waals surface area contributed by atoms with Crippen LogP contribution >= 0.6 is 0 Å². The van der Waals surface area contributed by atoms with Crippen LogP contribution < -0.4 is 4.74 Å². The van der Waals surface area contributed by atoms with Crippen LogP contribution in [0.5, 0.6) is 5.75 Å².